The standard InChI is InChI=1S/C13H22O2/c1(2-6-12-8-4-10-14-12)3-7-13-9-5-11-15-13/h1-2,12-13H,3-11H2/b2-1+. The van der Waals surface area contributed by atoms with Gasteiger partial charge in [0, 0.05) is 13.2 Å². The highest BCUT2D eigenvalue weighted by atomic mass is 16.5. The SMILES string of the molecule is C(=C\CC1CCCO1)/CCC1CCCO1. The van der Waals surface area contributed by atoms with Crippen LogP contribution in [0.4, 0.5) is 0 Å². The van der Waals surface area contributed by atoms with E-state index in [2.05, 4.69) is 12.2 Å². The van der Waals surface area contributed by atoms with E-state index in [0.717, 1.165) is 26.1 Å². The zero-order valence-electron chi connectivity index (χ0n) is 9.49. The average molecular weight is 210 g/mol. The van der Waals surface area contributed by atoms with Gasteiger partial charge >= 0.3 is 0 Å². The molecular formula is C13H22O2. The van der Waals surface area contributed by atoms with E-state index in [-0.39, 0.29) is 0 Å². The van der Waals surface area contributed by atoms with Crippen molar-refractivity contribution in [3.63, 3.8) is 0 Å². The first-order valence-electron chi connectivity index (χ1n) is 6.33. The Balaban J connectivity index is 1.50. The second kappa shape index (κ2) is 6.29. The van der Waals surface area contributed by atoms with E-state index < -0.39 is 0 Å². The van der Waals surface area contributed by atoms with Gasteiger partial charge in [0.05, 0.1) is 12.2 Å². The van der Waals surface area contributed by atoms with Crippen LogP contribution in [0.1, 0.15) is 44.9 Å². The minimum atomic E-state index is 0.504. The molecule has 0 aromatic heterocycles. The van der Waals surface area contributed by atoms with Crippen molar-refractivity contribution in [1.29, 1.82) is 0 Å². The molecule has 2 nitrogen and oxygen atoms in total. The first kappa shape index (κ1) is 11.2. The molecule has 2 fully saturated rings. The normalized spacial score (nSPS) is 31.7. The van der Waals surface area contributed by atoms with E-state index in [1.807, 2.05) is 0 Å². The predicted octanol–water partition coefficient (Wildman–Crippen LogP) is 3.07. The zero-order chi connectivity index (χ0) is 10.3. The molecule has 2 aliphatic heterocycles. The molecular weight excluding hydrogens is 188 g/mol. The fraction of sp³-hybridized carbons (Fsp3) is 0.846. The summed E-state index contributed by atoms with van der Waals surface area (Å²) in [6.07, 6.45) is 14.1. The smallest absolute Gasteiger partial charge is 0.0610 e. The topological polar surface area (TPSA) is 18.5 Å². The summed E-state index contributed by atoms with van der Waals surface area (Å²) in [5.74, 6) is 0. The summed E-state index contributed by atoms with van der Waals surface area (Å²) in [7, 11) is 0. The molecule has 2 heterocycles. The van der Waals surface area contributed by atoms with Crippen LogP contribution in [-0.2, 0) is 9.47 Å². The van der Waals surface area contributed by atoms with Gasteiger partial charge in [0.2, 0.25) is 0 Å². The molecule has 2 saturated heterocycles. The third-order valence-corrected chi connectivity index (χ3v) is 3.27. The highest BCUT2D eigenvalue weighted by molar-refractivity contribution is 4.86. The molecule has 0 spiro atoms. The minimum absolute atomic E-state index is 0.504. The summed E-state index contributed by atoms with van der Waals surface area (Å²) in [5.41, 5.74) is 0. The second-order valence-corrected chi connectivity index (χ2v) is 4.55. The Kier molecular flexibility index (Phi) is 4.68. The monoisotopic (exact) mass is 210 g/mol. The van der Waals surface area contributed by atoms with Crippen molar-refractivity contribution < 1.29 is 9.47 Å². The van der Waals surface area contributed by atoms with Gasteiger partial charge in [0.25, 0.3) is 0 Å². The Morgan fingerprint density at radius 1 is 0.933 bits per heavy atom. The summed E-state index contributed by atoms with van der Waals surface area (Å²) >= 11 is 0. The molecule has 0 radical (unpaired) electrons. The van der Waals surface area contributed by atoms with Crippen molar-refractivity contribution in [2.45, 2.75) is 57.2 Å². The summed E-state index contributed by atoms with van der Waals surface area (Å²) < 4.78 is 11.1. The van der Waals surface area contributed by atoms with Crippen molar-refractivity contribution in [3.05, 3.63) is 12.2 Å². The van der Waals surface area contributed by atoms with Gasteiger partial charge in [-0.15, -0.1) is 0 Å². The van der Waals surface area contributed by atoms with E-state index in [0.29, 0.717) is 12.2 Å². The Morgan fingerprint density at radius 3 is 2.33 bits per heavy atom. The van der Waals surface area contributed by atoms with Crippen LogP contribution in [0.5, 0.6) is 0 Å². The van der Waals surface area contributed by atoms with E-state index in [1.54, 1.807) is 0 Å². The molecule has 2 rings (SSSR count). The number of hydrogen-bond donors (Lipinski definition) is 0. The average Bonchev–Trinajstić information content (AvgIpc) is 2.88. The first-order valence-corrected chi connectivity index (χ1v) is 6.33. The van der Waals surface area contributed by atoms with Crippen LogP contribution in [-0.4, -0.2) is 25.4 Å². The maximum Gasteiger partial charge on any atom is 0.0610 e. The van der Waals surface area contributed by atoms with Gasteiger partial charge in [-0.25, -0.2) is 0 Å². The second-order valence-electron chi connectivity index (χ2n) is 4.55. The molecule has 15 heavy (non-hydrogen) atoms. The number of ether oxygens (including phenoxy) is 2. The van der Waals surface area contributed by atoms with Crippen LogP contribution in [0.15, 0.2) is 12.2 Å². The van der Waals surface area contributed by atoms with Crippen molar-refractivity contribution in [3.8, 4) is 0 Å². The first-order chi connectivity index (χ1) is 7.45. The molecule has 2 heteroatoms. The fourth-order valence-corrected chi connectivity index (χ4v) is 2.35. The molecule has 0 amide bonds. The Morgan fingerprint density at radius 2 is 1.67 bits per heavy atom. The largest absolute Gasteiger partial charge is 0.378 e. The molecule has 0 saturated carbocycles. The molecule has 0 N–H and O–H groups in total. The van der Waals surface area contributed by atoms with Crippen LogP contribution < -0.4 is 0 Å². The lowest BCUT2D eigenvalue weighted by Gasteiger charge is -2.06. The van der Waals surface area contributed by atoms with Crippen LogP contribution >= 0.6 is 0 Å². The molecule has 2 atom stereocenters. The quantitative estimate of drug-likeness (QED) is 0.649. The van der Waals surface area contributed by atoms with Crippen molar-refractivity contribution in [2.24, 2.45) is 0 Å². The van der Waals surface area contributed by atoms with Gasteiger partial charge in [0.1, 0.15) is 0 Å². The molecule has 0 aromatic carbocycles. The van der Waals surface area contributed by atoms with Crippen molar-refractivity contribution in [2.75, 3.05) is 13.2 Å². The summed E-state index contributed by atoms with van der Waals surface area (Å²) in [6, 6.07) is 0. The lowest BCUT2D eigenvalue weighted by Crippen LogP contribution is -2.03. The van der Waals surface area contributed by atoms with Crippen LogP contribution in [0.2, 0.25) is 0 Å². The molecule has 0 aromatic rings. The van der Waals surface area contributed by atoms with Gasteiger partial charge in [0.15, 0.2) is 0 Å². The third-order valence-electron chi connectivity index (χ3n) is 3.27. The summed E-state index contributed by atoms with van der Waals surface area (Å²) in [4.78, 5) is 0. The Labute approximate surface area is 92.6 Å². The lowest BCUT2D eigenvalue weighted by atomic mass is 10.1. The third kappa shape index (κ3) is 3.96. The molecule has 2 aliphatic rings. The molecule has 2 unspecified atom stereocenters. The van der Waals surface area contributed by atoms with Crippen molar-refractivity contribution >= 4 is 0 Å². The minimum Gasteiger partial charge on any atom is -0.378 e. The highest BCUT2D eigenvalue weighted by Gasteiger charge is 2.14. The van der Waals surface area contributed by atoms with Crippen LogP contribution in [0.3, 0.4) is 0 Å². The zero-order valence-corrected chi connectivity index (χ0v) is 9.49. The number of allylic oxidation sites excluding steroid dienone is 1. The van der Waals surface area contributed by atoms with E-state index in [1.165, 1.54) is 32.1 Å². The molecule has 0 aliphatic carbocycles. The van der Waals surface area contributed by atoms with Crippen LogP contribution in [0.25, 0.3) is 0 Å². The van der Waals surface area contributed by atoms with Gasteiger partial charge in [-0.05, 0) is 44.9 Å². The maximum atomic E-state index is 5.57. The summed E-state index contributed by atoms with van der Waals surface area (Å²) in [6.45, 7) is 1.94. The Hall–Kier alpha value is -0.340. The van der Waals surface area contributed by atoms with E-state index in [4.69, 9.17) is 9.47 Å². The number of rotatable bonds is 5. The van der Waals surface area contributed by atoms with E-state index in [9.17, 15) is 0 Å². The fourth-order valence-electron chi connectivity index (χ4n) is 2.35. The van der Waals surface area contributed by atoms with Gasteiger partial charge in [-0.1, -0.05) is 12.2 Å². The lowest BCUT2D eigenvalue weighted by molar-refractivity contribution is 0.105. The molecule has 86 valence electrons. The molecule has 0 bridgehead atoms. The van der Waals surface area contributed by atoms with Gasteiger partial charge in [-0.3, -0.25) is 0 Å². The van der Waals surface area contributed by atoms with Gasteiger partial charge in [-0.2, -0.15) is 0 Å². The van der Waals surface area contributed by atoms with Crippen LogP contribution in [0, 0.1) is 0 Å². The van der Waals surface area contributed by atoms with Gasteiger partial charge < -0.3 is 9.47 Å². The predicted molar refractivity (Wildman–Crippen MR) is 60.9 cm³/mol. The maximum absolute atomic E-state index is 5.57. The highest BCUT2D eigenvalue weighted by Crippen LogP contribution is 2.18. The van der Waals surface area contributed by atoms with Crippen molar-refractivity contribution in [1.82, 2.24) is 0 Å². The van der Waals surface area contributed by atoms with E-state index >= 15 is 0 Å². The summed E-state index contributed by atoms with van der Waals surface area (Å²) in [5, 5.41) is 0. The number of hydrogen-bond acceptors (Lipinski definition) is 2. The Bertz CT molecular complexity index is 189.